The van der Waals surface area contributed by atoms with Gasteiger partial charge in [-0.25, -0.2) is 0 Å². The minimum absolute atomic E-state index is 0.0222. The number of carbonyl (C=O) groups excluding carboxylic acids is 1. The Labute approximate surface area is 148 Å². The molecule has 1 aromatic carbocycles. The van der Waals surface area contributed by atoms with Crippen molar-refractivity contribution < 1.29 is 14.7 Å². The highest BCUT2D eigenvalue weighted by Crippen LogP contribution is 2.72. The van der Waals surface area contributed by atoms with Crippen molar-refractivity contribution >= 4 is 17.6 Å². The molecule has 2 N–H and O–H groups in total. The Bertz CT molecular complexity index is 752. The summed E-state index contributed by atoms with van der Waals surface area (Å²) in [5.74, 6) is -1.95. The van der Waals surface area contributed by atoms with E-state index in [0.717, 1.165) is 18.5 Å². The van der Waals surface area contributed by atoms with E-state index in [1.165, 1.54) is 5.56 Å². The smallest absolute Gasteiger partial charge is 0.307 e. The van der Waals surface area contributed by atoms with E-state index in [9.17, 15) is 14.7 Å². The minimum Gasteiger partial charge on any atom is -0.481 e. The second-order valence-electron chi connectivity index (χ2n) is 8.88. The number of benzene rings is 1. The predicted octanol–water partition coefficient (Wildman–Crippen LogP) is 3.84. The zero-order valence-corrected chi connectivity index (χ0v) is 15.0. The largest absolute Gasteiger partial charge is 0.481 e. The van der Waals surface area contributed by atoms with E-state index in [4.69, 9.17) is 0 Å². The van der Waals surface area contributed by atoms with Crippen molar-refractivity contribution in [2.45, 2.75) is 39.0 Å². The van der Waals surface area contributed by atoms with E-state index < -0.39 is 17.8 Å². The molecule has 0 aromatic heterocycles. The Hall–Kier alpha value is -2.10. The molecule has 0 saturated heterocycles. The summed E-state index contributed by atoms with van der Waals surface area (Å²) in [5.41, 5.74) is 2.05. The SMILES string of the molecule is CC(C)(C)c1ccc(NC(=O)C2C(C(=O)O)C3C=CC2C32CC2)cc1. The summed E-state index contributed by atoms with van der Waals surface area (Å²) >= 11 is 0. The molecule has 4 rings (SSSR count). The van der Waals surface area contributed by atoms with Crippen LogP contribution in [0.4, 0.5) is 5.69 Å². The van der Waals surface area contributed by atoms with E-state index in [2.05, 4.69) is 32.2 Å². The Morgan fingerprint density at radius 1 is 1.04 bits per heavy atom. The average molecular weight is 339 g/mol. The number of rotatable bonds is 3. The van der Waals surface area contributed by atoms with Gasteiger partial charge in [0.05, 0.1) is 11.8 Å². The highest BCUT2D eigenvalue weighted by molar-refractivity contribution is 5.96. The molecule has 4 atom stereocenters. The predicted molar refractivity (Wildman–Crippen MR) is 96.2 cm³/mol. The molecule has 3 aliphatic rings. The molecule has 25 heavy (non-hydrogen) atoms. The number of nitrogens with one attached hydrogen (secondary N) is 1. The van der Waals surface area contributed by atoms with Gasteiger partial charge in [-0.2, -0.15) is 0 Å². The Morgan fingerprint density at radius 2 is 1.60 bits per heavy atom. The van der Waals surface area contributed by atoms with Gasteiger partial charge in [-0.05, 0) is 53.2 Å². The first-order valence-corrected chi connectivity index (χ1v) is 9.07. The zero-order valence-electron chi connectivity index (χ0n) is 15.0. The van der Waals surface area contributed by atoms with Crippen LogP contribution in [0.1, 0.15) is 39.2 Å². The molecule has 3 aliphatic carbocycles. The van der Waals surface area contributed by atoms with Gasteiger partial charge >= 0.3 is 5.97 Å². The summed E-state index contributed by atoms with van der Waals surface area (Å²) < 4.78 is 0. The van der Waals surface area contributed by atoms with Crippen molar-refractivity contribution in [3.05, 3.63) is 42.0 Å². The highest BCUT2D eigenvalue weighted by atomic mass is 16.4. The maximum absolute atomic E-state index is 12.9. The molecule has 4 unspecified atom stereocenters. The molecule has 0 heterocycles. The van der Waals surface area contributed by atoms with Crippen molar-refractivity contribution in [1.82, 2.24) is 0 Å². The van der Waals surface area contributed by atoms with Crippen LogP contribution in [0, 0.1) is 29.1 Å². The summed E-state index contributed by atoms with van der Waals surface area (Å²) in [6, 6.07) is 7.86. The van der Waals surface area contributed by atoms with Crippen LogP contribution in [0.15, 0.2) is 36.4 Å². The summed E-state index contributed by atoms with van der Waals surface area (Å²) in [4.78, 5) is 24.7. The van der Waals surface area contributed by atoms with Crippen LogP contribution in [0.25, 0.3) is 0 Å². The Balaban J connectivity index is 1.55. The fourth-order valence-corrected chi connectivity index (χ4v) is 4.97. The van der Waals surface area contributed by atoms with Gasteiger partial charge in [0.25, 0.3) is 0 Å². The summed E-state index contributed by atoms with van der Waals surface area (Å²) in [6.45, 7) is 6.44. The first-order valence-electron chi connectivity index (χ1n) is 9.07. The molecule has 2 fully saturated rings. The van der Waals surface area contributed by atoms with Gasteiger partial charge in [0.15, 0.2) is 0 Å². The summed E-state index contributed by atoms with van der Waals surface area (Å²) in [5, 5.41) is 12.7. The van der Waals surface area contributed by atoms with Gasteiger partial charge in [-0.15, -0.1) is 0 Å². The van der Waals surface area contributed by atoms with E-state index >= 15 is 0 Å². The second-order valence-corrected chi connectivity index (χ2v) is 8.88. The lowest BCUT2D eigenvalue weighted by Gasteiger charge is -2.24. The molecule has 2 saturated carbocycles. The van der Waals surface area contributed by atoms with E-state index in [0.29, 0.717) is 0 Å². The lowest BCUT2D eigenvalue weighted by atomic mass is 9.82. The van der Waals surface area contributed by atoms with Crippen molar-refractivity contribution in [3.8, 4) is 0 Å². The molecular formula is C21H25NO3. The topological polar surface area (TPSA) is 66.4 Å². The van der Waals surface area contributed by atoms with Gasteiger partial charge < -0.3 is 10.4 Å². The standard InChI is InChI=1S/C21H25NO3/c1-20(2,3)12-4-6-13(7-5-12)22-18(23)16-14-8-9-15(17(16)19(24)25)21(14)10-11-21/h4-9,14-17H,10-11H2,1-3H3,(H,22,23)(H,24,25). The number of allylic oxidation sites excluding steroid dienone is 2. The zero-order chi connectivity index (χ0) is 18.0. The third kappa shape index (κ3) is 2.42. The van der Waals surface area contributed by atoms with Crippen molar-refractivity contribution in [1.29, 1.82) is 0 Å². The third-order valence-corrected chi connectivity index (χ3v) is 6.45. The van der Waals surface area contributed by atoms with Crippen molar-refractivity contribution in [3.63, 3.8) is 0 Å². The van der Waals surface area contributed by atoms with Gasteiger partial charge in [-0.3, -0.25) is 9.59 Å². The lowest BCUT2D eigenvalue weighted by molar-refractivity contribution is -0.146. The molecule has 132 valence electrons. The quantitative estimate of drug-likeness (QED) is 0.822. The summed E-state index contributed by atoms with van der Waals surface area (Å²) in [6.07, 6.45) is 6.22. The van der Waals surface area contributed by atoms with E-state index in [1.807, 2.05) is 30.3 Å². The first-order chi connectivity index (χ1) is 11.7. The molecule has 0 aliphatic heterocycles. The summed E-state index contributed by atoms with van der Waals surface area (Å²) in [7, 11) is 0. The number of aliphatic carboxylic acids is 1. The fraction of sp³-hybridized carbons (Fsp3) is 0.524. The van der Waals surface area contributed by atoms with Gasteiger partial charge in [0, 0.05) is 5.69 Å². The molecule has 1 aromatic rings. The molecule has 2 bridgehead atoms. The van der Waals surface area contributed by atoms with Gasteiger partial charge in [-0.1, -0.05) is 45.1 Å². The number of carbonyl (C=O) groups is 2. The highest BCUT2D eigenvalue weighted by Gasteiger charge is 2.70. The molecule has 1 amide bonds. The molecule has 1 spiro atoms. The number of anilines is 1. The van der Waals surface area contributed by atoms with Crippen LogP contribution in [0.3, 0.4) is 0 Å². The molecular weight excluding hydrogens is 314 g/mol. The van der Waals surface area contributed by atoms with Crippen LogP contribution in [0.2, 0.25) is 0 Å². The van der Waals surface area contributed by atoms with Crippen LogP contribution < -0.4 is 5.32 Å². The number of carboxylic acids is 1. The number of carboxylic acid groups (broad SMARTS) is 1. The Kier molecular flexibility index (Phi) is 3.40. The monoisotopic (exact) mass is 339 g/mol. The third-order valence-electron chi connectivity index (χ3n) is 6.45. The Morgan fingerprint density at radius 3 is 2.08 bits per heavy atom. The van der Waals surface area contributed by atoms with E-state index in [-0.39, 0.29) is 28.6 Å². The number of amides is 1. The van der Waals surface area contributed by atoms with Crippen LogP contribution >= 0.6 is 0 Å². The lowest BCUT2D eigenvalue weighted by Crippen LogP contribution is -2.36. The fourth-order valence-electron chi connectivity index (χ4n) is 4.97. The molecule has 4 heteroatoms. The normalized spacial score (nSPS) is 31.3. The number of hydrogen-bond acceptors (Lipinski definition) is 2. The maximum Gasteiger partial charge on any atom is 0.307 e. The van der Waals surface area contributed by atoms with Gasteiger partial charge in [0.2, 0.25) is 5.91 Å². The van der Waals surface area contributed by atoms with E-state index in [1.54, 1.807) is 0 Å². The van der Waals surface area contributed by atoms with Gasteiger partial charge in [0.1, 0.15) is 0 Å². The minimum atomic E-state index is -0.841. The average Bonchev–Trinajstić information content (AvgIpc) is 3.20. The molecule has 4 nitrogen and oxygen atoms in total. The van der Waals surface area contributed by atoms with Crippen LogP contribution in [0.5, 0.6) is 0 Å². The van der Waals surface area contributed by atoms with Crippen LogP contribution in [-0.2, 0) is 15.0 Å². The van der Waals surface area contributed by atoms with Crippen molar-refractivity contribution in [2.75, 3.05) is 5.32 Å². The number of hydrogen-bond donors (Lipinski definition) is 2. The van der Waals surface area contributed by atoms with Crippen molar-refractivity contribution in [2.24, 2.45) is 29.1 Å². The first kappa shape index (κ1) is 16.4. The second kappa shape index (κ2) is 5.20. The maximum atomic E-state index is 12.9. The van der Waals surface area contributed by atoms with Crippen LogP contribution in [-0.4, -0.2) is 17.0 Å². The molecule has 0 radical (unpaired) electrons.